The third kappa shape index (κ3) is 3.51. The van der Waals surface area contributed by atoms with Crippen molar-refractivity contribution in [2.75, 3.05) is 0 Å². The van der Waals surface area contributed by atoms with Gasteiger partial charge in [-0.1, -0.05) is 13.8 Å². The van der Waals surface area contributed by atoms with E-state index >= 15 is 0 Å². The van der Waals surface area contributed by atoms with E-state index in [1.807, 2.05) is 13.8 Å². The zero-order valence-electron chi connectivity index (χ0n) is 10.7. The highest BCUT2D eigenvalue weighted by molar-refractivity contribution is 5.92. The number of carbonyl (C=O) groups is 2. The van der Waals surface area contributed by atoms with Crippen LogP contribution in [0.25, 0.3) is 0 Å². The van der Waals surface area contributed by atoms with Gasteiger partial charge < -0.3 is 10.4 Å². The first-order valence-corrected chi connectivity index (χ1v) is 5.65. The van der Waals surface area contributed by atoms with E-state index in [9.17, 15) is 9.59 Å². The summed E-state index contributed by atoms with van der Waals surface area (Å²) in [7, 11) is 0. The summed E-state index contributed by atoms with van der Waals surface area (Å²) in [6.45, 7) is 5.43. The van der Waals surface area contributed by atoms with Gasteiger partial charge in [0, 0.05) is 12.4 Å². The number of carboxylic acids is 1. The lowest BCUT2D eigenvalue weighted by Gasteiger charge is -2.33. The van der Waals surface area contributed by atoms with Crippen molar-refractivity contribution in [3.05, 3.63) is 24.3 Å². The van der Waals surface area contributed by atoms with E-state index in [0.717, 1.165) is 0 Å². The molecule has 0 aromatic carbocycles. The van der Waals surface area contributed by atoms with Crippen molar-refractivity contribution in [1.82, 2.24) is 15.3 Å². The number of nitrogens with zero attached hydrogens (tertiary/aromatic N) is 2. The third-order valence-corrected chi connectivity index (χ3v) is 2.99. The van der Waals surface area contributed by atoms with Crippen molar-refractivity contribution in [2.24, 2.45) is 5.92 Å². The molecule has 1 aromatic rings. The maximum atomic E-state index is 11.9. The average molecular weight is 251 g/mol. The lowest BCUT2D eigenvalue weighted by molar-refractivity contribution is -0.138. The summed E-state index contributed by atoms with van der Waals surface area (Å²) < 4.78 is 0. The number of hydrogen-bond donors (Lipinski definition) is 2. The lowest BCUT2D eigenvalue weighted by atomic mass is 9.85. The Kier molecular flexibility index (Phi) is 4.36. The van der Waals surface area contributed by atoms with Crippen LogP contribution in [0.4, 0.5) is 0 Å². The van der Waals surface area contributed by atoms with Crippen molar-refractivity contribution < 1.29 is 14.7 Å². The molecule has 0 aliphatic heterocycles. The fourth-order valence-corrected chi connectivity index (χ4v) is 1.45. The molecule has 0 bridgehead atoms. The Labute approximate surface area is 105 Å². The van der Waals surface area contributed by atoms with E-state index in [-0.39, 0.29) is 18.0 Å². The molecule has 0 radical (unpaired) electrons. The van der Waals surface area contributed by atoms with Gasteiger partial charge in [0.1, 0.15) is 5.69 Å². The van der Waals surface area contributed by atoms with Crippen LogP contribution < -0.4 is 5.32 Å². The Morgan fingerprint density at radius 1 is 1.44 bits per heavy atom. The fourth-order valence-electron chi connectivity index (χ4n) is 1.45. The number of amides is 1. The Morgan fingerprint density at radius 2 is 2.11 bits per heavy atom. The van der Waals surface area contributed by atoms with Crippen LogP contribution in [0.1, 0.15) is 37.7 Å². The van der Waals surface area contributed by atoms with Gasteiger partial charge in [-0.3, -0.25) is 14.6 Å². The summed E-state index contributed by atoms with van der Waals surface area (Å²) in [5.74, 6) is -1.39. The van der Waals surface area contributed by atoms with Gasteiger partial charge in [-0.25, -0.2) is 4.98 Å². The van der Waals surface area contributed by atoms with Crippen molar-refractivity contribution in [3.63, 3.8) is 0 Å². The first-order chi connectivity index (χ1) is 8.35. The van der Waals surface area contributed by atoms with Gasteiger partial charge in [-0.2, -0.15) is 0 Å². The van der Waals surface area contributed by atoms with Crippen LogP contribution in [0.3, 0.4) is 0 Å². The van der Waals surface area contributed by atoms with Crippen LogP contribution in [-0.4, -0.2) is 32.5 Å². The average Bonchev–Trinajstić information content (AvgIpc) is 2.28. The van der Waals surface area contributed by atoms with Gasteiger partial charge in [-0.15, -0.1) is 0 Å². The van der Waals surface area contributed by atoms with Gasteiger partial charge in [0.05, 0.1) is 18.2 Å². The van der Waals surface area contributed by atoms with Gasteiger partial charge in [0.25, 0.3) is 5.91 Å². The lowest BCUT2D eigenvalue weighted by Crippen LogP contribution is -2.51. The predicted molar refractivity (Wildman–Crippen MR) is 65.0 cm³/mol. The van der Waals surface area contributed by atoms with E-state index in [1.54, 1.807) is 6.92 Å². The van der Waals surface area contributed by atoms with Crippen LogP contribution in [-0.2, 0) is 4.79 Å². The third-order valence-electron chi connectivity index (χ3n) is 2.99. The van der Waals surface area contributed by atoms with Gasteiger partial charge >= 0.3 is 5.97 Å². The minimum Gasteiger partial charge on any atom is -0.481 e. The molecule has 1 heterocycles. The molecule has 1 atom stereocenters. The van der Waals surface area contributed by atoms with Gasteiger partial charge in [0.15, 0.2) is 0 Å². The molecule has 1 amide bonds. The van der Waals surface area contributed by atoms with Crippen LogP contribution in [0.2, 0.25) is 0 Å². The maximum absolute atomic E-state index is 11.9. The van der Waals surface area contributed by atoms with E-state index < -0.39 is 17.4 Å². The van der Waals surface area contributed by atoms with E-state index in [0.29, 0.717) is 0 Å². The molecule has 0 spiro atoms. The molecule has 1 unspecified atom stereocenters. The van der Waals surface area contributed by atoms with E-state index in [4.69, 9.17) is 5.11 Å². The Morgan fingerprint density at radius 3 is 2.56 bits per heavy atom. The quantitative estimate of drug-likeness (QED) is 0.817. The topological polar surface area (TPSA) is 92.2 Å². The molecule has 1 rings (SSSR count). The Bertz CT molecular complexity index is 433. The normalized spacial score (nSPS) is 14.0. The molecule has 2 N–H and O–H groups in total. The standard InChI is InChI=1S/C12H17N3O3/c1-8(2)12(3,6-10(16)17)15-11(18)9-7-13-4-5-14-9/h4-5,7-8H,6H2,1-3H3,(H,15,18)(H,16,17). The highest BCUT2D eigenvalue weighted by Gasteiger charge is 2.33. The molecule has 6 heteroatoms. The molecule has 1 aromatic heterocycles. The van der Waals surface area contributed by atoms with E-state index in [2.05, 4.69) is 15.3 Å². The maximum Gasteiger partial charge on any atom is 0.305 e. The van der Waals surface area contributed by atoms with Crippen molar-refractivity contribution in [3.8, 4) is 0 Å². The molecule has 6 nitrogen and oxygen atoms in total. The van der Waals surface area contributed by atoms with E-state index in [1.165, 1.54) is 18.6 Å². The fraction of sp³-hybridized carbons (Fsp3) is 0.500. The minimum absolute atomic E-state index is 0.0192. The van der Waals surface area contributed by atoms with Gasteiger partial charge in [-0.05, 0) is 12.8 Å². The Balaban J connectivity index is 2.85. The number of aliphatic carboxylic acids is 1. The second-order valence-corrected chi connectivity index (χ2v) is 4.69. The number of hydrogen-bond acceptors (Lipinski definition) is 4. The van der Waals surface area contributed by atoms with Gasteiger partial charge in [0.2, 0.25) is 0 Å². The highest BCUT2D eigenvalue weighted by atomic mass is 16.4. The first kappa shape index (κ1) is 14.1. The monoisotopic (exact) mass is 251 g/mol. The molecular weight excluding hydrogens is 234 g/mol. The second kappa shape index (κ2) is 5.57. The molecule has 18 heavy (non-hydrogen) atoms. The van der Waals surface area contributed by atoms with Crippen molar-refractivity contribution in [1.29, 1.82) is 0 Å². The Hall–Kier alpha value is -1.98. The molecule has 0 fully saturated rings. The second-order valence-electron chi connectivity index (χ2n) is 4.69. The summed E-state index contributed by atoms with van der Waals surface area (Å²) in [5.41, 5.74) is -0.643. The summed E-state index contributed by atoms with van der Waals surface area (Å²) in [6, 6.07) is 0. The molecule has 0 aliphatic carbocycles. The summed E-state index contributed by atoms with van der Waals surface area (Å²) in [4.78, 5) is 30.5. The number of rotatable bonds is 5. The molecular formula is C12H17N3O3. The molecule has 98 valence electrons. The zero-order chi connectivity index (χ0) is 13.8. The predicted octanol–water partition coefficient (Wildman–Crippen LogP) is 1.10. The number of nitrogens with one attached hydrogen (secondary N) is 1. The highest BCUT2D eigenvalue weighted by Crippen LogP contribution is 2.21. The van der Waals surface area contributed by atoms with Crippen LogP contribution in [0.15, 0.2) is 18.6 Å². The first-order valence-electron chi connectivity index (χ1n) is 5.65. The smallest absolute Gasteiger partial charge is 0.305 e. The molecule has 0 saturated carbocycles. The number of carboxylic acid groups (broad SMARTS) is 1. The summed E-state index contributed by atoms with van der Waals surface area (Å²) in [6.07, 6.45) is 4.09. The van der Waals surface area contributed by atoms with Crippen molar-refractivity contribution >= 4 is 11.9 Å². The zero-order valence-corrected chi connectivity index (χ0v) is 10.7. The largest absolute Gasteiger partial charge is 0.481 e. The van der Waals surface area contributed by atoms with Crippen LogP contribution >= 0.6 is 0 Å². The number of aromatic nitrogens is 2. The SMILES string of the molecule is CC(C)C(C)(CC(=O)O)NC(=O)c1cnccn1. The molecule has 0 saturated heterocycles. The summed E-state index contributed by atoms with van der Waals surface area (Å²) >= 11 is 0. The minimum atomic E-state index is -0.953. The van der Waals surface area contributed by atoms with Crippen LogP contribution in [0.5, 0.6) is 0 Å². The summed E-state index contributed by atoms with van der Waals surface area (Å²) in [5, 5.41) is 11.6. The van der Waals surface area contributed by atoms with Crippen LogP contribution in [0, 0.1) is 5.92 Å². The molecule has 0 aliphatic rings. The number of carbonyl (C=O) groups excluding carboxylic acids is 1. The van der Waals surface area contributed by atoms with Crippen molar-refractivity contribution in [2.45, 2.75) is 32.7 Å².